The molecular weight excluding hydrogens is 201 g/mol. The highest BCUT2D eigenvalue weighted by molar-refractivity contribution is 6.30. The van der Waals surface area contributed by atoms with Gasteiger partial charge in [0.1, 0.15) is 5.82 Å². The van der Waals surface area contributed by atoms with E-state index in [1.54, 1.807) is 0 Å². The third-order valence-electron chi connectivity index (χ3n) is 1.64. The molecule has 72 valence electrons. The molecule has 0 aliphatic carbocycles. The van der Waals surface area contributed by atoms with Crippen molar-refractivity contribution < 1.29 is 13.2 Å². The van der Waals surface area contributed by atoms with Crippen molar-refractivity contribution in [2.24, 2.45) is 0 Å². The fourth-order valence-corrected chi connectivity index (χ4v) is 1.17. The number of alkyl halides is 2. The Morgan fingerprint density at radius 2 is 2.00 bits per heavy atom. The van der Waals surface area contributed by atoms with Gasteiger partial charge in [0.2, 0.25) is 6.43 Å². The quantitative estimate of drug-likeness (QED) is 0.711. The van der Waals surface area contributed by atoms with Crippen LogP contribution in [-0.2, 0) is 6.42 Å². The van der Waals surface area contributed by atoms with Gasteiger partial charge in [-0.3, -0.25) is 0 Å². The van der Waals surface area contributed by atoms with Crippen LogP contribution >= 0.6 is 11.6 Å². The van der Waals surface area contributed by atoms with Crippen LogP contribution in [0.2, 0.25) is 5.02 Å². The number of benzene rings is 1. The Hall–Kier alpha value is -0.700. The van der Waals surface area contributed by atoms with Gasteiger partial charge in [-0.15, -0.1) is 0 Å². The lowest BCUT2D eigenvalue weighted by Crippen LogP contribution is -1.94. The predicted molar refractivity (Wildman–Crippen MR) is 45.7 cm³/mol. The van der Waals surface area contributed by atoms with Crippen LogP contribution in [0.5, 0.6) is 0 Å². The molecular formula is C9H8ClF3. The van der Waals surface area contributed by atoms with Crippen LogP contribution < -0.4 is 0 Å². The minimum Gasteiger partial charge on any atom is -0.211 e. The van der Waals surface area contributed by atoms with Crippen LogP contribution in [0.25, 0.3) is 0 Å². The lowest BCUT2D eigenvalue weighted by Gasteiger charge is -2.01. The van der Waals surface area contributed by atoms with Crippen molar-refractivity contribution in [3.63, 3.8) is 0 Å². The van der Waals surface area contributed by atoms with Gasteiger partial charge in [0.25, 0.3) is 0 Å². The van der Waals surface area contributed by atoms with Crippen LogP contribution in [0.3, 0.4) is 0 Å². The number of halogens is 4. The maximum Gasteiger partial charge on any atom is 0.239 e. The molecule has 0 atom stereocenters. The zero-order valence-electron chi connectivity index (χ0n) is 6.74. The van der Waals surface area contributed by atoms with Gasteiger partial charge in [-0.05, 0) is 24.1 Å². The third kappa shape index (κ3) is 3.27. The van der Waals surface area contributed by atoms with E-state index in [-0.39, 0.29) is 17.9 Å². The average molecular weight is 209 g/mol. The largest absolute Gasteiger partial charge is 0.239 e. The topological polar surface area (TPSA) is 0 Å². The first-order valence-corrected chi connectivity index (χ1v) is 4.19. The highest BCUT2D eigenvalue weighted by atomic mass is 35.5. The van der Waals surface area contributed by atoms with E-state index < -0.39 is 12.2 Å². The van der Waals surface area contributed by atoms with E-state index in [2.05, 4.69) is 0 Å². The lowest BCUT2D eigenvalue weighted by atomic mass is 10.1. The Balaban J connectivity index is 2.63. The minimum atomic E-state index is -2.33. The second-order valence-corrected chi connectivity index (χ2v) is 3.09. The fourth-order valence-electron chi connectivity index (χ4n) is 0.971. The summed E-state index contributed by atoms with van der Waals surface area (Å²) in [7, 11) is 0. The Morgan fingerprint density at radius 1 is 1.31 bits per heavy atom. The lowest BCUT2D eigenvalue weighted by molar-refractivity contribution is 0.138. The van der Waals surface area contributed by atoms with Crippen molar-refractivity contribution in [1.82, 2.24) is 0 Å². The molecule has 0 bridgehead atoms. The summed E-state index contributed by atoms with van der Waals surface area (Å²) in [4.78, 5) is 0. The van der Waals surface area contributed by atoms with E-state index >= 15 is 0 Å². The van der Waals surface area contributed by atoms with Crippen molar-refractivity contribution in [3.05, 3.63) is 34.6 Å². The SMILES string of the molecule is Fc1ccc(CCC(F)F)cc1Cl. The van der Waals surface area contributed by atoms with Crippen molar-refractivity contribution in [3.8, 4) is 0 Å². The van der Waals surface area contributed by atoms with Gasteiger partial charge in [0, 0.05) is 6.42 Å². The van der Waals surface area contributed by atoms with Crippen LogP contribution in [0.15, 0.2) is 18.2 Å². The summed E-state index contributed by atoms with van der Waals surface area (Å²) in [5.74, 6) is -0.525. The molecule has 0 radical (unpaired) electrons. The molecule has 0 fully saturated rings. The minimum absolute atomic E-state index is 0.0215. The first kappa shape index (κ1) is 10.4. The molecule has 0 aliphatic heterocycles. The van der Waals surface area contributed by atoms with Crippen molar-refractivity contribution in [2.45, 2.75) is 19.3 Å². The molecule has 0 saturated heterocycles. The fraction of sp³-hybridized carbons (Fsp3) is 0.333. The molecule has 0 amide bonds. The molecule has 0 unspecified atom stereocenters. The smallest absolute Gasteiger partial charge is 0.211 e. The summed E-state index contributed by atoms with van der Waals surface area (Å²) in [6, 6.07) is 4.02. The maximum absolute atomic E-state index is 12.6. The predicted octanol–water partition coefficient (Wildman–Crippen LogP) is 3.68. The van der Waals surface area contributed by atoms with Crippen LogP contribution in [0.1, 0.15) is 12.0 Å². The molecule has 0 saturated carbocycles. The molecule has 0 aromatic heterocycles. The first-order chi connectivity index (χ1) is 6.09. The standard InChI is InChI=1S/C9H8ClF3/c10-7-5-6(1-3-8(7)11)2-4-9(12)13/h1,3,5,9H,2,4H2. The number of hydrogen-bond donors (Lipinski definition) is 0. The Morgan fingerprint density at radius 3 is 2.54 bits per heavy atom. The Bertz CT molecular complexity index is 286. The van der Waals surface area contributed by atoms with E-state index in [1.165, 1.54) is 18.2 Å². The zero-order valence-corrected chi connectivity index (χ0v) is 7.49. The molecule has 0 N–H and O–H groups in total. The Kier molecular flexibility index (Phi) is 3.60. The molecule has 1 aromatic rings. The van der Waals surface area contributed by atoms with Gasteiger partial charge >= 0.3 is 0 Å². The van der Waals surface area contributed by atoms with Crippen molar-refractivity contribution in [2.75, 3.05) is 0 Å². The van der Waals surface area contributed by atoms with Crippen LogP contribution in [0, 0.1) is 5.82 Å². The van der Waals surface area contributed by atoms with E-state index in [4.69, 9.17) is 11.6 Å². The van der Waals surface area contributed by atoms with Gasteiger partial charge in [0.05, 0.1) is 5.02 Å². The van der Waals surface area contributed by atoms with Gasteiger partial charge < -0.3 is 0 Å². The van der Waals surface area contributed by atoms with E-state index in [9.17, 15) is 13.2 Å². The molecule has 0 spiro atoms. The molecule has 1 rings (SSSR count). The first-order valence-electron chi connectivity index (χ1n) is 3.81. The van der Waals surface area contributed by atoms with E-state index in [0.29, 0.717) is 5.56 Å². The van der Waals surface area contributed by atoms with E-state index in [1.807, 2.05) is 0 Å². The molecule has 0 heterocycles. The zero-order chi connectivity index (χ0) is 9.84. The normalized spacial score (nSPS) is 10.8. The summed E-state index contributed by atoms with van der Waals surface area (Å²) in [5, 5.41) is -0.0215. The van der Waals surface area contributed by atoms with Gasteiger partial charge in [-0.2, -0.15) is 0 Å². The molecule has 4 heteroatoms. The molecule has 1 aromatic carbocycles. The average Bonchev–Trinajstić information content (AvgIpc) is 2.07. The molecule has 13 heavy (non-hydrogen) atoms. The van der Waals surface area contributed by atoms with Crippen LogP contribution in [0.4, 0.5) is 13.2 Å². The summed E-state index contributed by atoms with van der Waals surface area (Å²) in [5.41, 5.74) is 0.631. The van der Waals surface area contributed by atoms with Gasteiger partial charge in [-0.25, -0.2) is 13.2 Å². The van der Waals surface area contributed by atoms with Crippen molar-refractivity contribution in [1.29, 1.82) is 0 Å². The molecule has 0 aliphatic rings. The van der Waals surface area contributed by atoms with E-state index in [0.717, 1.165) is 0 Å². The summed E-state index contributed by atoms with van der Waals surface area (Å²) < 4.78 is 36.2. The third-order valence-corrected chi connectivity index (χ3v) is 1.92. The maximum atomic E-state index is 12.6. The summed E-state index contributed by atoms with van der Waals surface area (Å²) >= 11 is 5.47. The number of hydrogen-bond acceptors (Lipinski definition) is 0. The summed E-state index contributed by atoms with van der Waals surface area (Å²) in [6.45, 7) is 0. The highest BCUT2D eigenvalue weighted by Crippen LogP contribution is 2.17. The monoisotopic (exact) mass is 208 g/mol. The number of aryl methyl sites for hydroxylation is 1. The second-order valence-electron chi connectivity index (χ2n) is 2.68. The van der Waals surface area contributed by atoms with Crippen LogP contribution in [-0.4, -0.2) is 6.43 Å². The van der Waals surface area contributed by atoms with Gasteiger partial charge in [-0.1, -0.05) is 17.7 Å². The van der Waals surface area contributed by atoms with Gasteiger partial charge in [0.15, 0.2) is 0 Å². The highest BCUT2D eigenvalue weighted by Gasteiger charge is 2.05. The summed E-state index contributed by atoms with van der Waals surface area (Å²) in [6.07, 6.45) is -2.33. The molecule has 0 nitrogen and oxygen atoms in total. The van der Waals surface area contributed by atoms with Crippen molar-refractivity contribution >= 4 is 11.6 Å². The second kappa shape index (κ2) is 4.51. The number of rotatable bonds is 3. The Labute approximate surface area is 79.3 Å².